The third-order valence-corrected chi connectivity index (χ3v) is 2.50. The average molecular weight is 236 g/mol. The van der Waals surface area contributed by atoms with Crippen LogP contribution in [0.3, 0.4) is 0 Å². The van der Waals surface area contributed by atoms with Gasteiger partial charge in [0.2, 0.25) is 0 Å². The molecule has 2 nitrogen and oxygen atoms in total. The molecule has 1 rings (SSSR count). The van der Waals surface area contributed by atoms with E-state index in [0.29, 0.717) is 11.6 Å². The minimum absolute atomic E-state index is 0.373. The number of hydrogen-bond acceptors (Lipinski definition) is 2. The van der Waals surface area contributed by atoms with Gasteiger partial charge in [0.05, 0.1) is 10.7 Å². The molecule has 0 spiro atoms. The summed E-state index contributed by atoms with van der Waals surface area (Å²) < 4.78 is 0.808. The Morgan fingerprint density at radius 1 is 1.73 bits per heavy atom. The third kappa shape index (κ3) is 1.92. The van der Waals surface area contributed by atoms with Crippen LogP contribution >= 0.6 is 27.5 Å². The van der Waals surface area contributed by atoms with Crippen LogP contribution in [0.5, 0.6) is 0 Å². The van der Waals surface area contributed by atoms with Gasteiger partial charge in [-0.15, -0.1) is 0 Å². The van der Waals surface area contributed by atoms with Gasteiger partial charge >= 0.3 is 0 Å². The first-order valence-corrected chi connectivity index (χ1v) is 4.34. The lowest BCUT2D eigenvalue weighted by molar-refractivity contribution is 0.972. The maximum Gasteiger partial charge on any atom is 0.109 e. The number of nitrogens with zero attached hydrogens (tertiary/aromatic N) is 1. The Hall–Kier alpha value is -0.120. The van der Waals surface area contributed by atoms with Gasteiger partial charge in [-0.2, -0.15) is 0 Å². The molecule has 60 valence electrons. The van der Waals surface area contributed by atoms with Crippen LogP contribution in [-0.4, -0.2) is 4.98 Å². The number of aryl methyl sites for hydroxylation is 1. The van der Waals surface area contributed by atoms with E-state index >= 15 is 0 Å². The van der Waals surface area contributed by atoms with E-state index in [1.54, 1.807) is 0 Å². The number of nitrogens with two attached hydrogens (primary N) is 1. The molecule has 0 radical (unpaired) electrons. The third-order valence-electron chi connectivity index (χ3n) is 1.37. The van der Waals surface area contributed by atoms with Crippen LogP contribution in [0.25, 0.3) is 0 Å². The summed E-state index contributed by atoms with van der Waals surface area (Å²) >= 11 is 9.13. The molecule has 0 aliphatic rings. The summed E-state index contributed by atoms with van der Waals surface area (Å²) in [6.45, 7) is 2.31. The van der Waals surface area contributed by atoms with E-state index in [9.17, 15) is 0 Å². The van der Waals surface area contributed by atoms with Gasteiger partial charge in [-0.1, -0.05) is 11.6 Å². The Bertz CT molecular complexity index is 275. The zero-order chi connectivity index (χ0) is 8.43. The van der Waals surface area contributed by atoms with Crippen LogP contribution in [0.4, 0.5) is 0 Å². The Balaban J connectivity index is 3.21. The molecule has 0 saturated carbocycles. The van der Waals surface area contributed by atoms with Crippen molar-refractivity contribution in [2.45, 2.75) is 13.5 Å². The quantitative estimate of drug-likeness (QED) is 0.759. The number of hydrogen-bond donors (Lipinski definition) is 1. The largest absolute Gasteiger partial charge is 0.325 e. The predicted octanol–water partition coefficient (Wildman–Crippen LogP) is 2.26. The molecule has 1 heterocycles. The second-order valence-electron chi connectivity index (χ2n) is 2.23. The van der Waals surface area contributed by atoms with Gasteiger partial charge in [-0.3, -0.25) is 0 Å². The minimum atomic E-state index is 0.373. The van der Waals surface area contributed by atoms with Crippen LogP contribution in [0.2, 0.25) is 5.02 Å². The van der Waals surface area contributed by atoms with Crippen LogP contribution in [0.1, 0.15) is 11.3 Å². The molecule has 1 aromatic heterocycles. The van der Waals surface area contributed by atoms with Gasteiger partial charge in [0, 0.05) is 6.54 Å². The highest BCUT2D eigenvalue weighted by molar-refractivity contribution is 9.10. The highest BCUT2D eigenvalue weighted by atomic mass is 79.9. The summed E-state index contributed by atoms with van der Waals surface area (Å²) in [5, 5.41) is 0.633. The van der Waals surface area contributed by atoms with Crippen LogP contribution in [0, 0.1) is 6.92 Å². The normalized spacial score (nSPS) is 10.2. The fourth-order valence-electron chi connectivity index (χ4n) is 0.736. The molecule has 11 heavy (non-hydrogen) atoms. The molecule has 0 bridgehead atoms. The average Bonchev–Trinajstić information content (AvgIpc) is 1.97. The Morgan fingerprint density at radius 2 is 2.36 bits per heavy atom. The first kappa shape index (κ1) is 8.97. The minimum Gasteiger partial charge on any atom is -0.325 e. The van der Waals surface area contributed by atoms with Crippen molar-refractivity contribution in [3.8, 4) is 0 Å². The number of halogens is 2. The lowest BCUT2D eigenvalue weighted by Crippen LogP contribution is -2.01. The first-order chi connectivity index (χ1) is 5.15. The molecule has 0 unspecified atom stereocenters. The zero-order valence-corrected chi connectivity index (χ0v) is 8.41. The van der Waals surface area contributed by atoms with Crippen molar-refractivity contribution in [3.63, 3.8) is 0 Å². The summed E-state index contributed by atoms with van der Waals surface area (Å²) in [6, 6.07) is 1.85. The monoisotopic (exact) mass is 234 g/mol. The first-order valence-electron chi connectivity index (χ1n) is 3.16. The molecule has 0 aliphatic carbocycles. The summed E-state index contributed by atoms with van der Waals surface area (Å²) in [7, 11) is 0. The molecular weight excluding hydrogens is 227 g/mol. The molecule has 0 atom stereocenters. The molecule has 0 saturated heterocycles. The van der Waals surface area contributed by atoms with Crippen molar-refractivity contribution in [2.75, 3.05) is 0 Å². The number of pyridine rings is 1. The van der Waals surface area contributed by atoms with Gasteiger partial charge in [-0.25, -0.2) is 4.98 Å². The van der Waals surface area contributed by atoms with Crippen molar-refractivity contribution in [1.82, 2.24) is 4.98 Å². The van der Waals surface area contributed by atoms with Crippen LogP contribution in [-0.2, 0) is 6.54 Å². The zero-order valence-electron chi connectivity index (χ0n) is 6.06. The van der Waals surface area contributed by atoms with Gasteiger partial charge < -0.3 is 5.73 Å². The highest BCUT2D eigenvalue weighted by Crippen LogP contribution is 2.20. The van der Waals surface area contributed by atoms with Crippen molar-refractivity contribution < 1.29 is 0 Å². The SMILES string of the molecule is Cc1cc(Cl)c(CN)nc1Br. The number of rotatable bonds is 1. The molecule has 4 heteroatoms. The Labute approximate surface area is 78.9 Å². The maximum atomic E-state index is 5.84. The molecule has 0 aromatic carbocycles. The summed E-state index contributed by atoms with van der Waals surface area (Å²) in [5.41, 5.74) is 7.15. The predicted molar refractivity (Wildman–Crippen MR) is 49.6 cm³/mol. The van der Waals surface area contributed by atoms with E-state index in [-0.39, 0.29) is 0 Å². The Kier molecular flexibility index (Phi) is 2.87. The molecule has 0 aliphatic heterocycles. The van der Waals surface area contributed by atoms with Crippen molar-refractivity contribution in [3.05, 3.63) is 26.9 Å². The molecular formula is C7H8BrClN2. The standard InChI is InChI=1S/C7H8BrClN2/c1-4-2-5(9)6(3-10)11-7(4)8/h2H,3,10H2,1H3. The van der Waals surface area contributed by atoms with E-state index in [4.69, 9.17) is 17.3 Å². The lowest BCUT2D eigenvalue weighted by Gasteiger charge is -2.02. The van der Waals surface area contributed by atoms with Crippen molar-refractivity contribution in [2.24, 2.45) is 5.73 Å². The van der Waals surface area contributed by atoms with Gasteiger partial charge in [0.1, 0.15) is 4.60 Å². The number of aromatic nitrogens is 1. The van der Waals surface area contributed by atoms with E-state index in [1.165, 1.54) is 0 Å². The summed E-state index contributed by atoms with van der Waals surface area (Å²) in [5.74, 6) is 0. The maximum absolute atomic E-state index is 5.84. The van der Waals surface area contributed by atoms with Crippen molar-refractivity contribution >= 4 is 27.5 Å². The van der Waals surface area contributed by atoms with Gasteiger partial charge in [0.25, 0.3) is 0 Å². The molecule has 0 amide bonds. The van der Waals surface area contributed by atoms with E-state index < -0.39 is 0 Å². The van der Waals surface area contributed by atoms with E-state index in [1.807, 2.05) is 13.0 Å². The topological polar surface area (TPSA) is 38.9 Å². The molecule has 1 aromatic rings. The fraction of sp³-hybridized carbons (Fsp3) is 0.286. The highest BCUT2D eigenvalue weighted by Gasteiger charge is 2.03. The second-order valence-corrected chi connectivity index (χ2v) is 3.39. The lowest BCUT2D eigenvalue weighted by atomic mass is 10.3. The molecule has 2 N–H and O–H groups in total. The summed E-state index contributed by atoms with van der Waals surface area (Å²) in [4.78, 5) is 4.15. The fourth-order valence-corrected chi connectivity index (χ4v) is 1.35. The van der Waals surface area contributed by atoms with E-state index in [2.05, 4.69) is 20.9 Å². The summed E-state index contributed by atoms with van der Waals surface area (Å²) in [6.07, 6.45) is 0. The van der Waals surface area contributed by atoms with Crippen LogP contribution < -0.4 is 5.73 Å². The van der Waals surface area contributed by atoms with Gasteiger partial charge in [-0.05, 0) is 34.5 Å². The smallest absolute Gasteiger partial charge is 0.109 e. The molecule has 0 fully saturated rings. The van der Waals surface area contributed by atoms with Crippen molar-refractivity contribution in [1.29, 1.82) is 0 Å². The van der Waals surface area contributed by atoms with Crippen LogP contribution in [0.15, 0.2) is 10.7 Å². The second kappa shape index (κ2) is 3.52. The van der Waals surface area contributed by atoms with Gasteiger partial charge in [0.15, 0.2) is 0 Å². The Morgan fingerprint density at radius 3 is 2.91 bits per heavy atom. The van der Waals surface area contributed by atoms with E-state index in [0.717, 1.165) is 15.9 Å².